The minimum absolute atomic E-state index is 0.361. The highest BCUT2D eigenvalue weighted by Gasteiger charge is 2.12. The molecule has 0 aromatic carbocycles. The molecular weight excluding hydrogens is 226 g/mol. The lowest BCUT2D eigenvalue weighted by atomic mass is 10.2. The van der Waals surface area contributed by atoms with Gasteiger partial charge in [0.1, 0.15) is 6.04 Å². The van der Waals surface area contributed by atoms with E-state index in [-0.39, 0.29) is 5.97 Å². The van der Waals surface area contributed by atoms with Crippen molar-refractivity contribution in [2.45, 2.75) is 18.2 Å². The van der Waals surface area contributed by atoms with Crippen molar-refractivity contribution in [3.05, 3.63) is 24.3 Å². The third kappa shape index (κ3) is 4.59. The number of carbonyl (C=O) groups excluding carboxylic acids is 1. The monoisotopic (exact) mass is 241 g/mol. The van der Waals surface area contributed by atoms with E-state index in [4.69, 9.17) is 5.73 Å². The maximum absolute atomic E-state index is 11.0. The maximum atomic E-state index is 11.0. The Morgan fingerprint density at radius 3 is 3.06 bits per heavy atom. The van der Waals surface area contributed by atoms with Gasteiger partial charge in [-0.25, -0.2) is 0 Å². The SMILES string of the molecule is COC(=O)C(N)CCSCc1cnccn1. The summed E-state index contributed by atoms with van der Waals surface area (Å²) in [7, 11) is 1.34. The quantitative estimate of drug-likeness (QED) is 0.580. The normalized spacial score (nSPS) is 12.1. The van der Waals surface area contributed by atoms with Crippen molar-refractivity contribution in [1.82, 2.24) is 9.97 Å². The zero-order valence-electron chi connectivity index (χ0n) is 9.13. The summed E-state index contributed by atoms with van der Waals surface area (Å²) in [5.41, 5.74) is 6.52. The molecule has 1 rings (SSSR count). The van der Waals surface area contributed by atoms with Crippen LogP contribution in [-0.2, 0) is 15.3 Å². The minimum Gasteiger partial charge on any atom is -0.468 e. The third-order valence-electron chi connectivity index (χ3n) is 1.94. The highest BCUT2D eigenvalue weighted by Crippen LogP contribution is 2.10. The molecule has 0 saturated carbocycles. The fraction of sp³-hybridized carbons (Fsp3) is 0.500. The number of rotatable bonds is 6. The number of ether oxygens (including phenoxy) is 1. The number of thioether (sulfide) groups is 1. The highest BCUT2D eigenvalue weighted by atomic mass is 32.2. The lowest BCUT2D eigenvalue weighted by Gasteiger charge is -2.08. The van der Waals surface area contributed by atoms with E-state index in [0.717, 1.165) is 17.2 Å². The van der Waals surface area contributed by atoms with Crippen LogP contribution in [-0.4, -0.2) is 34.8 Å². The molecule has 1 unspecified atom stereocenters. The first-order chi connectivity index (χ1) is 7.74. The molecule has 1 atom stereocenters. The number of esters is 1. The van der Waals surface area contributed by atoms with Gasteiger partial charge in [-0.2, -0.15) is 11.8 Å². The van der Waals surface area contributed by atoms with Gasteiger partial charge < -0.3 is 10.5 Å². The second kappa shape index (κ2) is 7.19. The predicted molar refractivity (Wildman–Crippen MR) is 62.8 cm³/mol. The molecular formula is C10H15N3O2S. The number of aromatic nitrogens is 2. The topological polar surface area (TPSA) is 78.1 Å². The van der Waals surface area contributed by atoms with E-state index >= 15 is 0 Å². The molecule has 0 saturated heterocycles. The molecule has 0 bridgehead atoms. The molecule has 1 aromatic rings. The van der Waals surface area contributed by atoms with Gasteiger partial charge in [-0.05, 0) is 12.2 Å². The van der Waals surface area contributed by atoms with E-state index in [1.807, 2.05) is 0 Å². The van der Waals surface area contributed by atoms with Crippen molar-refractivity contribution < 1.29 is 9.53 Å². The summed E-state index contributed by atoms with van der Waals surface area (Å²) >= 11 is 1.67. The number of nitrogens with zero attached hydrogens (tertiary/aromatic N) is 2. The van der Waals surface area contributed by atoms with Crippen LogP contribution >= 0.6 is 11.8 Å². The van der Waals surface area contributed by atoms with E-state index in [1.54, 1.807) is 30.4 Å². The Labute approximate surface area is 98.8 Å². The Bertz CT molecular complexity index is 321. The van der Waals surface area contributed by atoms with Crippen molar-refractivity contribution >= 4 is 17.7 Å². The summed E-state index contributed by atoms with van der Waals surface area (Å²) in [5.74, 6) is 1.22. The van der Waals surface area contributed by atoms with Gasteiger partial charge in [0.25, 0.3) is 0 Å². The molecule has 1 aromatic heterocycles. The average molecular weight is 241 g/mol. The largest absolute Gasteiger partial charge is 0.468 e. The first-order valence-electron chi connectivity index (χ1n) is 4.90. The Kier molecular flexibility index (Phi) is 5.81. The van der Waals surface area contributed by atoms with Crippen LogP contribution in [0.15, 0.2) is 18.6 Å². The zero-order chi connectivity index (χ0) is 11.8. The second-order valence-electron chi connectivity index (χ2n) is 3.17. The summed E-state index contributed by atoms with van der Waals surface area (Å²) in [5, 5.41) is 0. The van der Waals surface area contributed by atoms with Crippen LogP contribution in [0.5, 0.6) is 0 Å². The summed E-state index contributed by atoms with van der Waals surface area (Å²) in [6.07, 6.45) is 5.64. The molecule has 0 radical (unpaired) electrons. The standard InChI is InChI=1S/C10H15N3O2S/c1-15-10(14)9(11)2-5-16-7-8-6-12-3-4-13-8/h3-4,6,9H,2,5,7,11H2,1H3. The molecule has 0 aliphatic rings. The second-order valence-corrected chi connectivity index (χ2v) is 4.27. The van der Waals surface area contributed by atoms with Gasteiger partial charge in [-0.15, -0.1) is 0 Å². The van der Waals surface area contributed by atoms with E-state index < -0.39 is 6.04 Å². The number of carbonyl (C=O) groups is 1. The number of hydrogen-bond acceptors (Lipinski definition) is 6. The van der Waals surface area contributed by atoms with Crippen LogP contribution < -0.4 is 5.73 Å². The number of nitrogens with two attached hydrogens (primary N) is 1. The van der Waals surface area contributed by atoms with Gasteiger partial charge in [0.05, 0.1) is 12.8 Å². The summed E-state index contributed by atoms with van der Waals surface area (Å²) < 4.78 is 4.53. The maximum Gasteiger partial charge on any atom is 0.322 e. The van der Waals surface area contributed by atoms with Gasteiger partial charge in [-0.1, -0.05) is 0 Å². The number of methoxy groups -OCH3 is 1. The molecule has 0 aliphatic carbocycles. The molecule has 0 aliphatic heterocycles. The Morgan fingerprint density at radius 1 is 1.62 bits per heavy atom. The molecule has 2 N–H and O–H groups in total. The molecule has 16 heavy (non-hydrogen) atoms. The molecule has 88 valence electrons. The van der Waals surface area contributed by atoms with Gasteiger partial charge in [-0.3, -0.25) is 14.8 Å². The summed E-state index contributed by atoms with van der Waals surface area (Å²) in [6.45, 7) is 0. The van der Waals surface area contributed by atoms with Crippen LogP contribution in [0, 0.1) is 0 Å². The van der Waals surface area contributed by atoms with Gasteiger partial charge >= 0.3 is 5.97 Å². The molecule has 0 spiro atoms. The lowest BCUT2D eigenvalue weighted by Crippen LogP contribution is -2.31. The van der Waals surface area contributed by atoms with Crippen LogP contribution in [0.4, 0.5) is 0 Å². The van der Waals surface area contributed by atoms with Crippen LogP contribution in [0.1, 0.15) is 12.1 Å². The van der Waals surface area contributed by atoms with Crippen molar-refractivity contribution in [2.75, 3.05) is 12.9 Å². The highest BCUT2D eigenvalue weighted by molar-refractivity contribution is 7.98. The third-order valence-corrected chi connectivity index (χ3v) is 2.97. The number of hydrogen-bond donors (Lipinski definition) is 1. The Hall–Kier alpha value is -1.14. The van der Waals surface area contributed by atoms with Gasteiger partial charge in [0.2, 0.25) is 0 Å². The molecule has 1 heterocycles. The average Bonchev–Trinajstić information content (AvgIpc) is 2.34. The molecule has 6 heteroatoms. The van der Waals surface area contributed by atoms with Crippen molar-refractivity contribution in [3.63, 3.8) is 0 Å². The fourth-order valence-electron chi connectivity index (χ4n) is 1.06. The van der Waals surface area contributed by atoms with Crippen molar-refractivity contribution in [1.29, 1.82) is 0 Å². The van der Waals surface area contributed by atoms with E-state index in [9.17, 15) is 4.79 Å². The van der Waals surface area contributed by atoms with Crippen molar-refractivity contribution in [3.8, 4) is 0 Å². The first-order valence-corrected chi connectivity index (χ1v) is 6.05. The molecule has 0 fully saturated rings. The smallest absolute Gasteiger partial charge is 0.322 e. The predicted octanol–water partition coefficient (Wildman–Crippen LogP) is 0.600. The summed E-state index contributed by atoms with van der Waals surface area (Å²) in [4.78, 5) is 19.1. The first kappa shape index (κ1) is 12.9. The fourth-order valence-corrected chi connectivity index (χ4v) is 1.98. The zero-order valence-corrected chi connectivity index (χ0v) is 9.94. The van der Waals surface area contributed by atoms with Gasteiger partial charge in [0, 0.05) is 24.3 Å². The van der Waals surface area contributed by atoms with Crippen molar-refractivity contribution in [2.24, 2.45) is 5.73 Å². The Morgan fingerprint density at radius 2 is 2.44 bits per heavy atom. The van der Waals surface area contributed by atoms with Gasteiger partial charge in [0.15, 0.2) is 0 Å². The Balaban J connectivity index is 2.15. The van der Waals surface area contributed by atoms with Crippen LogP contribution in [0.25, 0.3) is 0 Å². The van der Waals surface area contributed by atoms with E-state index in [0.29, 0.717) is 6.42 Å². The lowest BCUT2D eigenvalue weighted by molar-refractivity contribution is -0.142. The molecule has 5 nitrogen and oxygen atoms in total. The summed E-state index contributed by atoms with van der Waals surface area (Å²) in [6, 6.07) is -0.528. The van der Waals surface area contributed by atoms with E-state index in [1.165, 1.54) is 7.11 Å². The minimum atomic E-state index is -0.528. The van der Waals surface area contributed by atoms with Crippen LogP contribution in [0.3, 0.4) is 0 Å². The van der Waals surface area contributed by atoms with E-state index in [2.05, 4.69) is 14.7 Å². The van der Waals surface area contributed by atoms with Crippen LogP contribution in [0.2, 0.25) is 0 Å². The molecule has 0 amide bonds.